The first-order chi connectivity index (χ1) is 7.46. The lowest BCUT2D eigenvalue weighted by atomic mass is 9.97. The molecule has 0 unspecified atom stereocenters. The van der Waals surface area contributed by atoms with Gasteiger partial charge in [0.05, 0.1) is 0 Å². The molecule has 0 aliphatic carbocycles. The molecule has 0 spiro atoms. The number of allylic oxidation sites excluding steroid dienone is 2. The van der Waals surface area contributed by atoms with E-state index in [9.17, 15) is 0 Å². The average molecular weight is 224 g/mol. The predicted octanol–water partition coefficient (Wildman–Crippen LogP) is 5.25. The molecule has 0 atom stereocenters. The van der Waals surface area contributed by atoms with Crippen molar-refractivity contribution in [2.45, 2.75) is 60.5 Å². The van der Waals surface area contributed by atoms with Crippen LogP contribution in [0.5, 0.6) is 0 Å². The molecule has 1 aliphatic rings. The summed E-state index contributed by atoms with van der Waals surface area (Å²) in [6, 6.07) is 0. The van der Waals surface area contributed by atoms with Gasteiger partial charge in [0.2, 0.25) is 0 Å². The summed E-state index contributed by atoms with van der Waals surface area (Å²) in [4.78, 5) is 0. The van der Waals surface area contributed by atoms with Crippen molar-refractivity contribution in [2.75, 3.05) is 0 Å². The highest BCUT2D eigenvalue weighted by Gasteiger charge is 2.30. The molecule has 16 heavy (non-hydrogen) atoms. The van der Waals surface area contributed by atoms with E-state index in [-0.39, 0.29) is 5.60 Å². The van der Waals surface area contributed by atoms with Gasteiger partial charge in [0.15, 0.2) is 0 Å². The smallest absolute Gasteiger partial charge is 0.123 e. The minimum absolute atomic E-state index is 0.0855. The van der Waals surface area contributed by atoms with Crippen molar-refractivity contribution in [2.24, 2.45) is 0 Å². The summed E-state index contributed by atoms with van der Waals surface area (Å²) in [6.45, 7) is 21.8. The minimum Gasteiger partial charge on any atom is -0.487 e. The van der Waals surface area contributed by atoms with Gasteiger partial charge in [-0.25, -0.2) is 0 Å². The largest absolute Gasteiger partial charge is 0.487 e. The number of rotatable bonds is 2. The van der Waals surface area contributed by atoms with E-state index in [2.05, 4.69) is 27.0 Å². The van der Waals surface area contributed by atoms with E-state index in [1.807, 2.05) is 34.6 Å². The molecule has 0 aromatic rings. The van der Waals surface area contributed by atoms with Crippen LogP contribution >= 0.6 is 0 Å². The van der Waals surface area contributed by atoms with Crippen LogP contribution in [0.15, 0.2) is 36.1 Å². The van der Waals surface area contributed by atoms with E-state index >= 15 is 0 Å². The minimum atomic E-state index is -0.0855. The molecule has 1 nitrogen and oxygen atoms in total. The van der Waals surface area contributed by atoms with E-state index in [0.29, 0.717) is 0 Å². The Labute approximate surface area is 102 Å². The lowest BCUT2D eigenvalue weighted by Gasteiger charge is -2.18. The molecule has 0 N–H and O–H groups in total. The van der Waals surface area contributed by atoms with Crippen molar-refractivity contribution >= 4 is 0 Å². The fraction of sp³-hybridized carbons (Fsp3) is 0.600. The molecule has 0 saturated heterocycles. The van der Waals surface area contributed by atoms with Crippen molar-refractivity contribution in [3.63, 3.8) is 0 Å². The van der Waals surface area contributed by atoms with Crippen LogP contribution in [-0.2, 0) is 4.74 Å². The second-order valence-corrected chi connectivity index (χ2v) is 3.87. The second-order valence-electron chi connectivity index (χ2n) is 3.87. The van der Waals surface area contributed by atoms with Crippen molar-refractivity contribution in [1.29, 1.82) is 0 Å². The highest BCUT2D eigenvalue weighted by molar-refractivity contribution is 5.38. The van der Waals surface area contributed by atoms with Crippen molar-refractivity contribution in [1.82, 2.24) is 0 Å². The van der Waals surface area contributed by atoms with E-state index in [0.717, 1.165) is 17.8 Å². The van der Waals surface area contributed by atoms with Crippen LogP contribution in [0, 0.1) is 0 Å². The Morgan fingerprint density at radius 1 is 1.25 bits per heavy atom. The maximum atomic E-state index is 5.67. The molecule has 0 bridgehead atoms. The van der Waals surface area contributed by atoms with Crippen LogP contribution in [0.4, 0.5) is 0 Å². The summed E-state index contributed by atoms with van der Waals surface area (Å²) in [5.74, 6) is 0.896. The first kappa shape index (κ1) is 17.4. The van der Waals surface area contributed by atoms with E-state index in [4.69, 9.17) is 4.74 Å². The van der Waals surface area contributed by atoms with Crippen LogP contribution in [-0.4, -0.2) is 5.60 Å². The van der Waals surface area contributed by atoms with Crippen LogP contribution in [0.25, 0.3) is 0 Å². The van der Waals surface area contributed by atoms with Gasteiger partial charge in [-0.05, 0) is 26.8 Å². The zero-order valence-corrected chi connectivity index (χ0v) is 12.1. The van der Waals surface area contributed by atoms with Gasteiger partial charge in [0.25, 0.3) is 0 Å². The highest BCUT2D eigenvalue weighted by Crippen LogP contribution is 2.36. The third kappa shape index (κ3) is 5.20. The van der Waals surface area contributed by atoms with E-state index < -0.39 is 0 Å². The quantitative estimate of drug-likeness (QED) is 0.622. The summed E-state index contributed by atoms with van der Waals surface area (Å²) >= 11 is 0. The lowest BCUT2D eigenvalue weighted by Crippen LogP contribution is -2.17. The summed E-state index contributed by atoms with van der Waals surface area (Å²) < 4.78 is 5.67. The number of hydrogen-bond acceptors (Lipinski definition) is 1. The molecule has 1 rings (SSSR count). The molecule has 0 saturated carbocycles. The van der Waals surface area contributed by atoms with Crippen molar-refractivity contribution in [3.8, 4) is 0 Å². The Morgan fingerprint density at radius 3 is 1.94 bits per heavy atom. The maximum Gasteiger partial charge on any atom is 0.123 e. The maximum absolute atomic E-state index is 5.67. The zero-order chi connectivity index (χ0) is 13.4. The standard InChI is InChI=1S/C11H16O.2C2H6/c1-6-10-9(8(2)3)7-11(4,5)12-10;2*1-2/h6H,1-2,7H2,3-5H3;2*1-2H3. The van der Waals surface area contributed by atoms with Gasteiger partial charge in [-0.3, -0.25) is 0 Å². The predicted molar refractivity (Wildman–Crippen MR) is 74.5 cm³/mol. The number of hydrogen-bond donors (Lipinski definition) is 0. The summed E-state index contributed by atoms with van der Waals surface area (Å²) in [5.41, 5.74) is 2.20. The topological polar surface area (TPSA) is 9.23 Å². The third-order valence-electron chi connectivity index (χ3n) is 1.99. The molecule has 1 heteroatoms. The Hall–Kier alpha value is -0.980. The first-order valence-corrected chi connectivity index (χ1v) is 6.17. The number of ether oxygens (including phenoxy) is 1. The SMILES string of the molecule is C=CC1=C(C(=C)C)CC(C)(C)O1.CC.CC. The summed E-state index contributed by atoms with van der Waals surface area (Å²) in [7, 11) is 0. The van der Waals surface area contributed by atoms with E-state index in [1.54, 1.807) is 6.08 Å². The van der Waals surface area contributed by atoms with Crippen molar-refractivity contribution in [3.05, 3.63) is 36.1 Å². The Kier molecular flexibility index (Phi) is 8.93. The van der Waals surface area contributed by atoms with Crippen LogP contribution in [0.1, 0.15) is 54.9 Å². The van der Waals surface area contributed by atoms with Gasteiger partial charge in [-0.1, -0.05) is 46.4 Å². The molecule has 0 aromatic carbocycles. The van der Waals surface area contributed by atoms with Crippen molar-refractivity contribution < 1.29 is 4.74 Å². The Balaban J connectivity index is 0. The average Bonchev–Trinajstić information content (AvgIpc) is 2.60. The fourth-order valence-corrected chi connectivity index (χ4v) is 1.43. The van der Waals surface area contributed by atoms with Gasteiger partial charge in [-0.15, -0.1) is 0 Å². The molecule has 1 aliphatic heterocycles. The fourth-order valence-electron chi connectivity index (χ4n) is 1.43. The molecule has 0 amide bonds. The van der Waals surface area contributed by atoms with Gasteiger partial charge in [-0.2, -0.15) is 0 Å². The zero-order valence-electron chi connectivity index (χ0n) is 12.1. The Morgan fingerprint density at radius 2 is 1.69 bits per heavy atom. The highest BCUT2D eigenvalue weighted by atomic mass is 16.5. The normalized spacial score (nSPS) is 16.2. The molecular weight excluding hydrogens is 196 g/mol. The lowest BCUT2D eigenvalue weighted by molar-refractivity contribution is 0.0683. The van der Waals surface area contributed by atoms with Gasteiger partial charge < -0.3 is 4.74 Å². The summed E-state index contributed by atoms with van der Waals surface area (Å²) in [6.07, 6.45) is 2.70. The third-order valence-corrected chi connectivity index (χ3v) is 1.99. The summed E-state index contributed by atoms with van der Waals surface area (Å²) in [5, 5.41) is 0. The van der Waals surface area contributed by atoms with Gasteiger partial charge in [0.1, 0.15) is 11.4 Å². The van der Waals surface area contributed by atoms with Gasteiger partial charge in [0, 0.05) is 12.0 Å². The van der Waals surface area contributed by atoms with Crippen LogP contribution in [0.3, 0.4) is 0 Å². The Bertz CT molecular complexity index is 257. The molecule has 0 aromatic heterocycles. The van der Waals surface area contributed by atoms with Crippen LogP contribution < -0.4 is 0 Å². The monoisotopic (exact) mass is 224 g/mol. The second kappa shape index (κ2) is 8.20. The molecular formula is C15H28O. The molecule has 1 heterocycles. The van der Waals surface area contributed by atoms with Crippen LogP contribution in [0.2, 0.25) is 0 Å². The molecule has 0 radical (unpaired) electrons. The van der Waals surface area contributed by atoms with E-state index in [1.165, 1.54) is 5.57 Å². The molecule has 94 valence electrons. The molecule has 0 fully saturated rings. The van der Waals surface area contributed by atoms with Gasteiger partial charge >= 0.3 is 0 Å². The first-order valence-electron chi connectivity index (χ1n) is 6.17.